The zero-order valence-corrected chi connectivity index (χ0v) is 18.5. The number of amides is 1. The molecule has 5 rings (SSSR count). The van der Waals surface area contributed by atoms with Crippen molar-refractivity contribution in [2.75, 3.05) is 23.3 Å². The Morgan fingerprint density at radius 3 is 2.52 bits per heavy atom. The van der Waals surface area contributed by atoms with Gasteiger partial charge < -0.3 is 10.2 Å². The number of rotatable bonds is 5. The maximum Gasteiger partial charge on any atom is 0.257 e. The van der Waals surface area contributed by atoms with Gasteiger partial charge in [-0.25, -0.2) is 8.42 Å². The highest BCUT2D eigenvalue weighted by molar-refractivity contribution is 7.92. The van der Waals surface area contributed by atoms with Crippen molar-refractivity contribution in [3.05, 3.63) is 48.3 Å². The first kappa shape index (κ1) is 20.5. The lowest BCUT2D eigenvalue weighted by Gasteiger charge is -2.34. The molecule has 1 aliphatic heterocycles. The minimum atomic E-state index is -3.36. The van der Waals surface area contributed by atoms with Crippen LogP contribution in [0.3, 0.4) is 0 Å². The molecule has 2 heterocycles. The van der Waals surface area contributed by atoms with Crippen molar-refractivity contribution >= 4 is 27.1 Å². The smallest absolute Gasteiger partial charge is 0.257 e. The van der Waals surface area contributed by atoms with Gasteiger partial charge in [0.05, 0.1) is 27.6 Å². The van der Waals surface area contributed by atoms with E-state index in [4.69, 9.17) is 0 Å². The molecule has 3 aliphatic rings. The Morgan fingerprint density at radius 2 is 1.81 bits per heavy atom. The van der Waals surface area contributed by atoms with E-state index in [0.29, 0.717) is 16.7 Å². The van der Waals surface area contributed by atoms with E-state index in [2.05, 4.69) is 15.2 Å². The number of carbonyl (C=O) groups is 1. The lowest BCUT2D eigenvalue weighted by atomic mass is 9.93. The van der Waals surface area contributed by atoms with Gasteiger partial charge in [0.25, 0.3) is 5.91 Å². The summed E-state index contributed by atoms with van der Waals surface area (Å²) in [5, 5.41) is 2.61. The van der Waals surface area contributed by atoms with Crippen molar-refractivity contribution in [2.45, 2.75) is 61.5 Å². The summed E-state index contributed by atoms with van der Waals surface area (Å²) in [6.07, 6.45) is 11.8. The Labute approximate surface area is 184 Å². The van der Waals surface area contributed by atoms with Crippen molar-refractivity contribution in [2.24, 2.45) is 5.41 Å². The number of nitrogens with zero attached hydrogens (tertiary/aromatic N) is 2. The van der Waals surface area contributed by atoms with Crippen molar-refractivity contribution < 1.29 is 13.2 Å². The van der Waals surface area contributed by atoms with Crippen LogP contribution >= 0.6 is 0 Å². The SMILES string of the molecule is O=C(Nc1cccc(S(=O)(=O)C2CCCC2)c1)c1ccncc1N1CCC2(CC1)CC2. The van der Waals surface area contributed by atoms with Crippen LogP contribution in [-0.4, -0.2) is 37.6 Å². The third kappa shape index (κ3) is 4.07. The van der Waals surface area contributed by atoms with Gasteiger partial charge in [-0.1, -0.05) is 18.9 Å². The Hall–Kier alpha value is -2.41. The standard InChI is InChI=1S/C24H29N3O3S/c28-23(21-8-13-25-17-22(21)27-14-11-24(9-10-24)12-15-27)26-18-4-3-7-20(16-18)31(29,30)19-5-1-2-6-19/h3-4,7-8,13,16-17,19H,1-2,5-6,9-12,14-15H2,(H,26,28). The van der Waals surface area contributed by atoms with Crippen LogP contribution in [0, 0.1) is 5.41 Å². The van der Waals surface area contributed by atoms with Crippen LogP contribution in [0.1, 0.15) is 61.7 Å². The quantitative estimate of drug-likeness (QED) is 0.746. The molecule has 0 radical (unpaired) electrons. The molecule has 164 valence electrons. The molecule has 1 amide bonds. The molecule has 1 aromatic carbocycles. The molecule has 1 N–H and O–H groups in total. The second kappa shape index (κ2) is 7.93. The third-order valence-corrected chi connectivity index (χ3v) is 9.59. The van der Waals surface area contributed by atoms with E-state index in [9.17, 15) is 13.2 Å². The molecule has 31 heavy (non-hydrogen) atoms. The Kier molecular flexibility index (Phi) is 5.24. The van der Waals surface area contributed by atoms with E-state index in [-0.39, 0.29) is 16.1 Å². The summed E-state index contributed by atoms with van der Waals surface area (Å²) in [4.78, 5) is 19.9. The summed E-state index contributed by atoms with van der Waals surface area (Å²) in [6.45, 7) is 1.89. The largest absolute Gasteiger partial charge is 0.370 e. The summed E-state index contributed by atoms with van der Waals surface area (Å²) in [5.74, 6) is -0.237. The number of hydrogen-bond acceptors (Lipinski definition) is 5. The highest BCUT2D eigenvalue weighted by Gasteiger charge is 2.44. The molecule has 7 heteroatoms. The minimum absolute atomic E-state index is 0.237. The molecule has 0 bridgehead atoms. The molecular formula is C24H29N3O3S. The van der Waals surface area contributed by atoms with Crippen LogP contribution in [0.25, 0.3) is 0 Å². The number of hydrogen-bond donors (Lipinski definition) is 1. The van der Waals surface area contributed by atoms with Gasteiger partial charge >= 0.3 is 0 Å². The highest BCUT2D eigenvalue weighted by atomic mass is 32.2. The van der Waals surface area contributed by atoms with Crippen molar-refractivity contribution in [1.29, 1.82) is 0 Å². The number of aromatic nitrogens is 1. The molecule has 1 spiro atoms. The van der Waals surface area contributed by atoms with E-state index in [0.717, 1.165) is 44.5 Å². The second-order valence-electron chi connectivity index (χ2n) is 9.31. The average molecular weight is 440 g/mol. The number of sulfone groups is 1. The van der Waals surface area contributed by atoms with Gasteiger partial charge in [-0.15, -0.1) is 0 Å². The Bertz CT molecular complexity index is 1080. The van der Waals surface area contributed by atoms with Crippen LogP contribution in [0.4, 0.5) is 11.4 Å². The number of nitrogens with one attached hydrogen (secondary N) is 1. The van der Waals surface area contributed by atoms with Gasteiger partial charge in [-0.2, -0.15) is 0 Å². The van der Waals surface area contributed by atoms with Crippen molar-refractivity contribution in [3.63, 3.8) is 0 Å². The molecule has 0 atom stereocenters. The first-order valence-electron chi connectivity index (χ1n) is 11.3. The van der Waals surface area contributed by atoms with E-state index in [1.54, 1.807) is 42.7 Å². The number of pyridine rings is 1. The summed E-state index contributed by atoms with van der Waals surface area (Å²) < 4.78 is 25.9. The van der Waals surface area contributed by atoms with Gasteiger partial charge in [-0.05, 0) is 68.2 Å². The van der Waals surface area contributed by atoms with Crippen LogP contribution in [0.5, 0.6) is 0 Å². The zero-order chi connectivity index (χ0) is 21.5. The van der Waals surface area contributed by atoms with Gasteiger partial charge in [0.1, 0.15) is 0 Å². The van der Waals surface area contributed by atoms with E-state index in [1.807, 2.05) is 0 Å². The van der Waals surface area contributed by atoms with E-state index >= 15 is 0 Å². The van der Waals surface area contributed by atoms with Crippen molar-refractivity contribution in [3.8, 4) is 0 Å². The summed E-state index contributed by atoms with van der Waals surface area (Å²) in [5.41, 5.74) is 2.49. The van der Waals surface area contributed by atoms with Gasteiger partial charge in [0.2, 0.25) is 0 Å². The summed E-state index contributed by atoms with van der Waals surface area (Å²) in [6, 6.07) is 8.40. The molecule has 1 aromatic heterocycles. The van der Waals surface area contributed by atoms with Crippen LogP contribution in [0.2, 0.25) is 0 Å². The highest BCUT2D eigenvalue weighted by Crippen LogP contribution is 2.54. The monoisotopic (exact) mass is 439 g/mol. The fourth-order valence-corrected chi connectivity index (χ4v) is 6.97. The fourth-order valence-electron chi connectivity index (χ4n) is 5.07. The first-order valence-corrected chi connectivity index (χ1v) is 12.9. The Balaban J connectivity index is 1.34. The van der Waals surface area contributed by atoms with Crippen LogP contribution in [-0.2, 0) is 9.84 Å². The fraction of sp³-hybridized carbons (Fsp3) is 0.500. The first-order chi connectivity index (χ1) is 15.0. The van der Waals surface area contributed by atoms with Crippen LogP contribution in [0.15, 0.2) is 47.6 Å². The average Bonchev–Trinajstić information content (AvgIpc) is 3.30. The molecular weight excluding hydrogens is 410 g/mol. The van der Waals surface area contributed by atoms with Crippen LogP contribution < -0.4 is 10.2 Å². The maximum atomic E-state index is 13.1. The molecule has 2 saturated carbocycles. The van der Waals surface area contributed by atoms with Crippen molar-refractivity contribution in [1.82, 2.24) is 4.98 Å². The number of piperidine rings is 1. The minimum Gasteiger partial charge on any atom is -0.370 e. The number of carbonyl (C=O) groups excluding carboxylic acids is 1. The predicted octanol–water partition coefficient (Wildman–Crippen LogP) is 4.43. The predicted molar refractivity (Wildman–Crippen MR) is 121 cm³/mol. The topological polar surface area (TPSA) is 79.4 Å². The van der Waals surface area contributed by atoms with Gasteiger partial charge in [0.15, 0.2) is 9.84 Å². The summed E-state index contributed by atoms with van der Waals surface area (Å²) in [7, 11) is -3.36. The van der Waals surface area contributed by atoms with Gasteiger partial charge in [0, 0.05) is 25.0 Å². The molecule has 2 aromatic rings. The maximum absolute atomic E-state index is 13.1. The number of anilines is 2. The number of benzene rings is 1. The zero-order valence-electron chi connectivity index (χ0n) is 17.7. The van der Waals surface area contributed by atoms with E-state index < -0.39 is 9.84 Å². The molecule has 0 unspecified atom stereocenters. The third-order valence-electron chi connectivity index (χ3n) is 7.33. The molecule has 6 nitrogen and oxygen atoms in total. The Morgan fingerprint density at radius 1 is 1.06 bits per heavy atom. The molecule has 3 fully saturated rings. The second-order valence-corrected chi connectivity index (χ2v) is 11.5. The molecule has 2 aliphatic carbocycles. The van der Waals surface area contributed by atoms with Gasteiger partial charge in [-0.3, -0.25) is 9.78 Å². The van der Waals surface area contributed by atoms with E-state index in [1.165, 1.54) is 25.7 Å². The normalized spacial score (nSPS) is 20.7. The molecule has 1 saturated heterocycles. The summed E-state index contributed by atoms with van der Waals surface area (Å²) >= 11 is 0. The lowest BCUT2D eigenvalue weighted by molar-refractivity contribution is 0.102. The lowest BCUT2D eigenvalue weighted by Crippen LogP contribution is -2.35.